The van der Waals surface area contributed by atoms with Gasteiger partial charge in [-0.2, -0.15) is 0 Å². The Hall–Kier alpha value is -3.14. The standard InChI is InChI=1S/C32H40N4/c1-5-9-21-17-29-30-18-22(10-6-2)27(34-30)15-16-28-24(12-8-4)20-32(36-28)31-19-23(11-7-3)26(35-31)14-13-25(21)33-29/h13-19,24,33,35H,5-12,20H2,1-4H3/t24-/m1/s1. The molecule has 0 saturated carbocycles. The van der Waals surface area contributed by atoms with Crippen molar-refractivity contribution in [1.82, 2.24) is 19.9 Å². The molecule has 5 heterocycles. The summed E-state index contributed by atoms with van der Waals surface area (Å²) in [6.45, 7) is 9.01. The van der Waals surface area contributed by atoms with E-state index in [1.165, 1.54) is 51.1 Å². The minimum absolute atomic E-state index is 0.472. The summed E-state index contributed by atoms with van der Waals surface area (Å²) in [7, 11) is 0. The zero-order valence-corrected chi connectivity index (χ0v) is 22.4. The van der Waals surface area contributed by atoms with Crippen molar-refractivity contribution in [1.29, 1.82) is 0 Å². The van der Waals surface area contributed by atoms with E-state index in [2.05, 4.69) is 80.1 Å². The molecule has 2 N–H and O–H groups in total. The maximum atomic E-state index is 5.17. The third-order valence-electron chi connectivity index (χ3n) is 7.48. The van der Waals surface area contributed by atoms with Crippen LogP contribution in [0.3, 0.4) is 0 Å². The molecular formula is C32H40N4. The number of nitrogens with one attached hydrogen (secondary N) is 2. The maximum Gasteiger partial charge on any atom is 0.0875 e. The van der Waals surface area contributed by atoms with Gasteiger partial charge in [0.1, 0.15) is 0 Å². The van der Waals surface area contributed by atoms with Crippen LogP contribution in [0.2, 0.25) is 0 Å². The van der Waals surface area contributed by atoms with Gasteiger partial charge in [-0.05, 0) is 84.9 Å². The number of rotatable bonds is 8. The second-order valence-electron chi connectivity index (χ2n) is 10.4. The summed E-state index contributed by atoms with van der Waals surface area (Å²) in [4.78, 5) is 17.7. The first-order chi connectivity index (χ1) is 17.6. The minimum atomic E-state index is 0.472. The zero-order chi connectivity index (χ0) is 25.1. The van der Waals surface area contributed by atoms with Crippen molar-refractivity contribution in [2.24, 2.45) is 0 Å². The van der Waals surface area contributed by atoms with Crippen LogP contribution in [0.25, 0.3) is 33.7 Å². The Bertz CT molecular complexity index is 1420. The number of aromatic amines is 2. The number of aryl methyl sites for hydroxylation is 2. The highest BCUT2D eigenvalue weighted by Crippen LogP contribution is 2.32. The zero-order valence-electron chi connectivity index (χ0n) is 22.4. The summed E-state index contributed by atoms with van der Waals surface area (Å²) >= 11 is 0. The molecule has 1 atom stereocenters. The Morgan fingerprint density at radius 1 is 0.722 bits per heavy atom. The molecule has 2 aliphatic rings. The molecule has 0 fully saturated rings. The van der Waals surface area contributed by atoms with Crippen molar-refractivity contribution in [3.8, 4) is 0 Å². The van der Waals surface area contributed by atoms with E-state index in [1.807, 2.05) is 0 Å². The molecule has 0 saturated heterocycles. The Labute approximate surface area is 215 Å². The molecule has 0 unspecified atom stereocenters. The summed E-state index contributed by atoms with van der Waals surface area (Å²) in [6, 6.07) is 13.6. The monoisotopic (exact) mass is 480 g/mol. The van der Waals surface area contributed by atoms with Gasteiger partial charge in [-0.25, -0.2) is 4.98 Å². The van der Waals surface area contributed by atoms with Crippen LogP contribution in [-0.2, 0) is 19.3 Å². The van der Waals surface area contributed by atoms with Gasteiger partial charge < -0.3 is 9.97 Å². The Balaban J connectivity index is 1.82. The Morgan fingerprint density at radius 2 is 1.39 bits per heavy atom. The molecule has 4 heteroatoms. The van der Waals surface area contributed by atoms with Crippen LogP contribution in [0.4, 0.5) is 0 Å². The molecule has 0 aromatic carbocycles. The fraction of sp³-hybridized carbons (Fsp3) is 0.438. The number of aromatic nitrogens is 4. The molecule has 36 heavy (non-hydrogen) atoms. The number of nitrogens with zero attached hydrogens (tertiary/aromatic N) is 2. The summed E-state index contributed by atoms with van der Waals surface area (Å²) in [5.74, 6) is 0.472. The largest absolute Gasteiger partial charge is 0.354 e. The van der Waals surface area contributed by atoms with Crippen molar-refractivity contribution in [2.75, 3.05) is 0 Å². The highest BCUT2D eigenvalue weighted by Gasteiger charge is 2.21. The Kier molecular flexibility index (Phi) is 7.41. The average molecular weight is 481 g/mol. The molecule has 5 rings (SSSR count). The summed E-state index contributed by atoms with van der Waals surface area (Å²) in [5, 5.41) is 0. The van der Waals surface area contributed by atoms with E-state index in [4.69, 9.17) is 9.97 Å². The van der Waals surface area contributed by atoms with Crippen LogP contribution in [0.1, 0.15) is 106 Å². The molecular weight excluding hydrogens is 440 g/mol. The maximum absolute atomic E-state index is 5.17. The van der Waals surface area contributed by atoms with Crippen LogP contribution in [0.5, 0.6) is 0 Å². The van der Waals surface area contributed by atoms with Crippen molar-refractivity contribution in [2.45, 2.75) is 91.4 Å². The predicted molar refractivity (Wildman–Crippen MR) is 153 cm³/mol. The van der Waals surface area contributed by atoms with Crippen LogP contribution < -0.4 is 0 Å². The molecule has 2 aliphatic heterocycles. The first-order valence-corrected chi connectivity index (χ1v) is 14.0. The molecule has 3 aromatic rings. The lowest BCUT2D eigenvalue weighted by Gasteiger charge is -2.06. The third-order valence-corrected chi connectivity index (χ3v) is 7.48. The Morgan fingerprint density at radius 3 is 2.06 bits per heavy atom. The lowest BCUT2D eigenvalue weighted by molar-refractivity contribution is 0.629. The van der Waals surface area contributed by atoms with Crippen LogP contribution in [-0.4, -0.2) is 19.9 Å². The third kappa shape index (κ3) is 4.91. The van der Waals surface area contributed by atoms with Crippen LogP contribution in [0, 0.1) is 0 Å². The van der Waals surface area contributed by atoms with Gasteiger partial charge in [0, 0.05) is 29.1 Å². The van der Waals surface area contributed by atoms with E-state index >= 15 is 0 Å². The van der Waals surface area contributed by atoms with Gasteiger partial charge in [0.25, 0.3) is 0 Å². The molecule has 0 aliphatic carbocycles. The fourth-order valence-electron chi connectivity index (χ4n) is 5.70. The van der Waals surface area contributed by atoms with E-state index in [0.717, 1.165) is 68.3 Å². The van der Waals surface area contributed by atoms with Crippen molar-refractivity contribution >= 4 is 33.7 Å². The first-order valence-electron chi connectivity index (χ1n) is 14.0. The SMILES string of the molecule is CCCC1=Cc2nc1ccc1nc(c3cc(CCC)c(ccc4[nH]c2cc4CCC)[nH]3)C[C@H]1CCC. The molecule has 8 bridgehead atoms. The summed E-state index contributed by atoms with van der Waals surface area (Å²) in [5.41, 5.74) is 13.3. The number of H-pyrrole nitrogens is 2. The molecule has 188 valence electrons. The van der Waals surface area contributed by atoms with Gasteiger partial charge >= 0.3 is 0 Å². The highest BCUT2D eigenvalue weighted by molar-refractivity contribution is 5.88. The van der Waals surface area contributed by atoms with Gasteiger partial charge in [0.05, 0.1) is 28.1 Å². The highest BCUT2D eigenvalue weighted by atomic mass is 14.8. The number of hydrogen-bond acceptors (Lipinski definition) is 2. The second kappa shape index (κ2) is 10.9. The molecule has 3 aromatic heterocycles. The first kappa shape index (κ1) is 24.5. The van der Waals surface area contributed by atoms with E-state index in [-0.39, 0.29) is 0 Å². The van der Waals surface area contributed by atoms with Gasteiger partial charge in [0.15, 0.2) is 0 Å². The van der Waals surface area contributed by atoms with Crippen molar-refractivity contribution in [3.63, 3.8) is 0 Å². The smallest absolute Gasteiger partial charge is 0.0875 e. The topological polar surface area (TPSA) is 57.4 Å². The van der Waals surface area contributed by atoms with E-state index in [0.29, 0.717) is 5.92 Å². The quantitative estimate of drug-likeness (QED) is 0.339. The lowest BCUT2D eigenvalue weighted by atomic mass is 9.97. The normalized spacial score (nSPS) is 15.3. The number of fused-ring (bicyclic) bond motifs is 10. The number of allylic oxidation sites excluding steroid dienone is 1. The average Bonchev–Trinajstić information content (AvgIpc) is 3.63. The van der Waals surface area contributed by atoms with E-state index in [9.17, 15) is 0 Å². The van der Waals surface area contributed by atoms with Crippen molar-refractivity contribution in [3.05, 3.63) is 70.3 Å². The predicted octanol–water partition coefficient (Wildman–Crippen LogP) is 8.69. The van der Waals surface area contributed by atoms with E-state index in [1.54, 1.807) is 0 Å². The number of hydrogen-bond donors (Lipinski definition) is 2. The summed E-state index contributed by atoms with van der Waals surface area (Å²) in [6.07, 6.45) is 12.1. The van der Waals surface area contributed by atoms with Gasteiger partial charge in [-0.3, -0.25) is 4.98 Å². The van der Waals surface area contributed by atoms with Gasteiger partial charge in [-0.1, -0.05) is 53.4 Å². The van der Waals surface area contributed by atoms with Crippen molar-refractivity contribution < 1.29 is 0 Å². The van der Waals surface area contributed by atoms with Gasteiger partial charge in [-0.15, -0.1) is 0 Å². The second-order valence-corrected chi connectivity index (χ2v) is 10.4. The van der Waals surface area contributed by atoms with Crippen LogP contribution in [0.15, 0.2) is 36.4 Å². The molecule has 4 nitrogen and oxygen atoms in total. The molecule has 0 amide bonds. The van der Waals surface area contributed by atoms with E-state index < -0.39 is 0 Å². The van der Waals surface area contributed by atoms with Crippen LogP contribution >= 0.6 is 0 Å². The lowest BCUT2D eigenvalue weighted by Crippen LogP contribution is -1.95. The molecule has 0 radical (unpaired) electrons. The van der Waals surface area contributed by atoms with Gasteiger partial charge in [0.2, 0.25) is 0 Å². The fourth-order valence-corrected chi connectivity index (χ4v) is 5.70. The molecule has 0 spiro atoms. The summed E-state index contributed by atoms with van der Waals surface area (Å²) < 4.78 is 0. The minimum Gasteiger partial charge on any atom is -0.354 e.